The lowest BCUT2D eigenvalue weighted by atomic mass is 9.89. The van der Waals surface area contributed by atoms with Gasteiger partial charge < -0.3 is 0 Å². The molecule has 4 heteroatoms. The van der Waals surface area contributed by atoms with Gasteiger partial charge in [-0.05, 0) is 29.7 Å². The zero-order chi connectivity index (χ0) is 12.1. The highest BCUT2D eigenvalue weighted by Gasteiger charge is 2.19. The summed E-state index contributed by atoms with van der Waals surface area (Å²) in [6, 6.07) is 5.66. The summed E-state index contributed by atoms with van der Waals surface area (Å²) in [5, 5.41) is 1.29. The molecule has 0 amide bonds. The third kappa shape index (κ3) is 3.36. The first kappa shape index (κ1) is 13.8. The Morgan fingerprint density at radius 3 is 2.00 bits per heavy atom. The topological polar surface area (TPSA) is 38.0 Å². The van der Waals surface area contributed by atoms with Crippen molar-refractivity contribution >= 4 is 23.2 Å². The molecule has 1 aromatic rings. The normalized spacial score (nSPS) is 13.1. The molecule has 0 aliphatic heterocycles. The van der Waals surface area contributed by atoms with Gasteiger partial charge in [0.05, 0.1) is 0 Å². The second kappa shape index (κ2) is 6.45. The maximum atomic E-state index is 5.99. The van der Waals surface area contributed by atoms with E-state index in [1.165, 1.54) is 0 Å². The van der Waals surface area contributed by atoms with Gasteiger partial charge in [-0.15, -0.1) is 0 Å². The van der Waals surface area contributed by atoms with E-state index < -0.39 is 0 Å². The van der Waals surface area contributed by atoms with Crippen LogP contribution >= 0.6 is 23.2 Å². The van der Waals surface area contributed by atoms with Gasteiger partial charge in [-0.1, -0.05) is 49.9 Å². The Hall–Kier alpha value is -0.280. The van der Waals surface area contributed by atoms with Gasteiger partial charge in [-0.3, -0.25) is 11.3 Å². The van der Waals surface area contributed by atoms with Gasteiger partial charge in [0.15, 0.2) is 0 Å². The smallest absolute Gasteiger partial charge is 0.0489 e. The molecular weight excluding hydrogens is 243 g/mol. The lowest BCUT2D eigenvalue weighted by Gasteiger charge is -2.25. The molecule has 0 aliphatic carbocycles. The minimum atomic E-state index is 0.103. The summed E-state index contributed by atoms with van der Waals surface area (Å²) >= 11 is 12.0. The van der Waals surface area contributed by atoms with Crippen LogP contribution in [0.5, 0.6) is 0 Å². The number of rotatable bonds is 5. The average Bonchev–Trinajstić information content (AvgIpc) is 2.24. The number of hydrogen-bond donors (Lipinski definition) is 2. The zero-order valence-corrected chi connectivity index (χ0v) is 11.1. The Kier molecular flexibility index (Phi) is 5.56. The quantitative estimate of drug-likeness (QED) is 0.622. The summed E-state index contributed by atoms with van der Waals surface area (Å²) in [4.78, 5) is 0. The van der Waals surface area contributed by atoms with E-state index in [1.807, 2.05) is 12.1 Å². The molecular formula is C12H18Cl2N2. The van der Waals surface area contributed by atoms with Crippen LogP contribution in [-0.4, -0.2) is 0 Å². The molecule has 90 valence electrons. The Morgan fingerprint density at radius 2 is 1.62 bits per heavy atom. The molecule has 2 nitrogen and oxygen atoms in total. The highest BCUT2D eigenvalue weighted by atomic mass is 35.5. The van der Waals surface area contributed by atoms with Crippen LogP contribution in [0.25, 0.3) is 0 Å². The fourth-order valence-corrected chi connectivity index (χ4v) is 2.56. The molecule has 0 aromatic heterocycles. The number of benzene rings is 1. The third-order valence-corrected chi connectivity index (χ3v) is 3.38. The second-order valence-corrected chi connectivity index (χ2v) is 4.80. The first-order valence-corrected chi connectivity index (χ1v) is 6.30. The van der Waals surface area contributed by atoms with E-state index in [-0.39, 0.29) is 6.04 Å². The summed E-state index contributed by atoms with van der Waals surface area (Å²) in [6.07, 6.45) is 2.13. The lowest BCUT2D eigenvalue weighted by molar-refractivity contribution is 0.345. The second-order valence-electron chi connectivity index (χ2n) is 3.92. The van der Waals surface area contributed by atoms with Crippen LogP contribution in [0, 0.1) is 5.92 Å². The van der Waals surface area contributed by atoms with Crippen molar-refractivity contribution in [2.45, 2.75) is 32.7 Å². The molecule has 1 atom stereocenters. The van der Waals surface area contributed by atoms with Gasteiger partial charge in [-0.2, -0.15) is 0 Å². The molecule has 0 saturated carbocycles. The number of hydrazine groups is 1. The minimum Gasteiger partial charge on any atom is -0.271 e. The van der Waals surface area contributed by atoms with Gasteiger partial charge in [0, 0.05) is 16.1 Å². The molecule has 3 N–H and O–H groups in total. The number of nitrogens with two attached hydrogens (primary N) is 1. The Balaban J connectivity index is 3.02. The molecule has 0 spiro atoms. The number of nitrogens with one attached hydrogen (secondary N) is 1. The van der Waals surface area contributed by atoms with E-state index in [4.69, 9.17) is 29.0 Å². The molecule has 1 rings (SSSR count). The molecule has 1 aromatic carbocycles. The molecule has 0 heterocycles. The van der Waals surface area contributed by atoms with Crippen molar-refractivity contribution in [3.8, 4) is 0 Å². The van der Waals surface area contributed by atoms with Crippen molar-refractivity contribution < 1.29 is 0 Å². The first-order chi connectivity index (χ1) is 7.62. The van der Waals surface area contributed by atoms with Crippen molar-refractivity contribution in [3.63, 3.8) is 0 Å². The van der Waals surface area contributed by atoms with Crippen molar-refractivity contribution in [2.24, 2.45) is 11.8 Å². The van der Waals surface area contributed by atoms with Gasteiger partial charge >= 0.3 is 0 Å². The summed E-state index contributed by atoms with van der Waals surface area (Å²) in [5.74, 6) is 6.11. The Labute approximate surface area is 107 Å². The van der Waals surface area contributed by atoms with Crippen LogP contribution in [0.2, 0.25) is 10.0 Å². The summed E-state index contributed by atoms with van der Waals surface area (Å²) in [7, 11) is 0. The molecule has 0 aliphatic rings. The SMILES string of the molecule is CCC(CC)C(NN)c1cc(Cl)cc(Cl)c1. The number of hydrogen-bond acceptors (Lipinski definition) is 2. The maximum absolute atomic E-state index is 5.99. The highest BCUT2D eigenvalue weighted by molar-refractivity contribution is 6.34. The zero-order valence-electron chi connectivity index (χ0n) is 9.63. The van der Waals surface area contributed by atoms with Gasteiger partial charge in [0.25, 0.3) is 0 Å². The predicted octanol–water partition coefficient (Wildman–Crippen LogP) is 3.93. The van der Waals surface area contributed by atoms with Crippen LogP contribution < -0.4 is 11.3 Å². The van der Waals surface area contributed by atoms with E-state index in [0.717, 1.165) is 18.4 Å². The monoisotopic (exact) mass is 260 g/mol. The fourth-order valence-electron chi connectivity index (χ4n) is 2.02. The summed E-state index contributed by atoms with van der Waals surface area (Å²) in [6.45, 7) is 4.31. The maximum Gasteiger partial charge on any atom is 0.0489 e. The minimum absolute atomic E-state index is 0.103. The van der Waals surface area contributed by atoms with Crippen molar-refractivity contribution in [1.82, 2.24) is 5.43 Å². The van der Waals surface area contributed by atoms with Crippen molar-refractivity contribution in [3.05, 3.63) is 33.8 Å². The lowest BCUT2D eigenvalue weighted by Crippen LogP contribution is -2.33. The first-order valence-electron chi connectivity index (χ1n) is 5.54. The van der Waals surface area contributed by atoms with E-state index >= 15 is 0 Å². The van der Waals surface area contributed by atoms with Crippen LogP contribution in [0.1, 0.15) is 38.3 Å². The molecule has 0 saturated heterocycles. The van der Waals surface area contributed by atoms with Crippen LogP contribution in [-0.2, 0) is 0 Å². The van der Waals surface area contributed by atoms with Crippen molar-refractivity contribution in [2.75, 3.05) is 0 Å². The molecule has 0 radical (unpaired) electrons. The Morgan fingerprint density at radius 1 is 1.12 bits per heavy atom. The van der Waals surface area contributed by atoms with Crippen LogP contribution in [0.15, 0.2) is 18.2 Å². The Bertz CT molecular complexity index is 318. The number of halogens is 2. The van der Waals surface area contributed by atoms with Crippen LogP contribution in [0.4, 0.5) is 0 Å². The van der Waals surface area contributed by atoms with Gasteiger partial charge in [-0.25, -0.2) is 0 Å². The largest absolute Gasteiger partial charge is 0.271 e. The predicted molar refractivity (Wildman–Crippen MR) is 70.6 cm³/mol. The molecule has 1 unspecified atom stereocenters. The van der Waals surface area contributed by atoms with Crippen LogP contribution in [0.3, 0.4) is 0 Å². The molecule has 0 bridgehead atoms. The molecule has 0 fully saturated rings. The van der Waals surface area contributed by atoms with Gasteiger partial charge in [0.1, 0.15) is 0 Å². The fraction of sp³-hybridized carbons (Fsp3) is 0.500. The van der Waals surface area contributed by atoms with Crippen molar-refractivity contribution in [1.29, 1.82) is 0 Å². The van der Waals surface area contributed by atoms with E-state index in [2.05, 4.69) is 19.3 Å². The average molecular weight is 261 g/mol. The van der Waals surface area contributed by atoms with E-state index in [0.29, 0.717) is 16.0 Å². The third-order valence-electron chi connectivity index (χ3n) is 2.94. The van der Waals surface area contributed by atoms with E-state index in [1.54, 1.807) is 6.07 Å². The summed E-state index contributed by atoms with van der Waals surface area (Å²) < 4.78 is 0. The standard InChI is InChI=1S/C12H18Cl2N2/c1-3-8(4-2)12(16-15)9-5-10(13)7-11(14)6-9/h5-8,12,16H,3-4,15H2,1-2H3. The van der Waals surface area contributed by atoms with E-state index in [9.17, 15) is 0 Å². The van der Waals surface area contributed by atoms with Gasteiger partial charge in [0.2, 0.25) is 0 Å². The highest BCUT2D eigenvalue weighted by Crippen LogP contribution is 2.30. The summed E-state index contributed by atoms with van der Waals surface area (Å²) in [5.41, 5.74) is 3.91. The molecule has 16 heavy (non-hydrogen) atoms.